The van der Waals surface area contributed by atoms with Gasteiger partial charge in [0.1, 0.15) is 6.04 Å². The number of hydrogen-bond donors (Lipinski definition) is 1. The summed E-state index contributed by atoms with van der Waals surface area (Å²) in [5, 5.41) is 5.26. The van der Waals surface area contributed by atoms with Crippen LogP contribution in [0.5, 0.6) is 0 Å². The SMILES string of the molecule is CCCNC(=O)[C@@H](C)N(Cc1cccc(Br)c1)C(=O)CCc1cccc2ccccc12. The fourth-order valence-electron chi connectivity index (χ4n) is 3.71. The molecule has 0 saturated carbocycles. The van der Waals surface area contributed by atoms with Gasteiger partial charge in [0, 0.05) is 24.0 Å². The molecule has 0 aliphatic heterocycles. The van der Waals surface area contributed by atoms with Crippen LogP contribution in [0.2, 0.25) is 0 Å². The second-order valence-corrected chi connectivity index (χ2v) is 8.67. The third kappa shape index (κ3) is 6.17. The number of fused-ring (bicyclic) bond motifs is 1. The molecule has 0 bridgehead atoms. The molecular formula is C26H29BrN2O2. The Bertz CT molecular complexity index is 1050. The molecule has 3 aromatic carbocycles. The largest absolute Gasteiger partial charge is 0.354 e. The molecule has 0 fully saturated rings. The zero-order valence-electron chi connectivity index (χ0n) is 18.1. The topological polar surface area (TPSA) is 49.4 Å². The van der Waals surface area contributed by atoms with Crippen LogP contribution in [0, 0.1) is 0 Å². The third-order valence-corrected chi connectivity index (χ3v) is 5.94. The number of amides is 2. The van der Waals surface area contributed by atoms with E-state index in [9.17, 15) is 9.59 Å². The minimum absolute atomic E-state index is 0.0212. The van der Waals surface area contributed by atoms with Gasteiger partial charge in [0.15, 0.2) is 0 Å². The fourth-order valence-corrected chi connectivity index (χ4v) is 4.15. The predicted molar refractivity (Wildman–Crippen MR) is 130 cm³/mol. The number of nitrogens with zero attached hydrogens (tertiary/aromatic N) is 1. The maximum atomic E-state index is 13.3. The van der Waals surface area contributed by atoms with Gasteiger partial charge in [-0.15, -0.1) is 0 Å². The van der Waals surface area contributed by atoms with E-state index in [0.717, 1.165) is 22.0 Å². The molecule has 0 spiro atoms. The van der Waals surface area contributed by atoms with Crippen LogP contribution < -0.4 is 5.32 Å². The second-order valence-electron chi connectivity index (χ2n) is 7.76. The first-order valence-corrected chi connectivity index (χ1v) is 11.6. The Balaban J connectivity index is 1.78. The number of benzene rings is 3. The molecule has 0 unspecified atom stereocenters. The Labute approximate surface area is 192 Å². The first-order chi connectivity index (χ1) is 15.0. The first kappa shape index (κ1) is 23.0. The Morgan fingerprint density at radius 1 is 1.03 bits per heavy atom. The Morgan fingerprint density at radius 3 is 2.55 bits per heavy atom. The third-order valence-electron chi connectivity index (χ3n) is 5.45. The van der Waals surface area contributed by atoms with Crippen molar-refractivity contribution in [2.45, 2.75) is 45.7 Å². The highest BCUT2D eigenvalue weighted by Crippen LogP contribution is 2.21. The molecule has 0 heterocycles. The van der Waals surface area contributed by atoms with Crippen molar-refractivity contribution < 1.29 is 9.59 Å². The number of carbonyl (C=O) groups excluding carboxylic acids is 2. The number of halogens is 1. The maximum absolute atomic E-state index is 13.3. The quantitative estimate of drug-likeness (QED) is 0.440. The first-order valence-electron chi connectivity index (χ1n) is 10.8. The van der Waals surface area contributed by atoms with Crippen LogP contribution in [-0.2, 0) is 22.6 Å². The summed E-state index contributed by atoms with van der Waals surface area (Å²) >= 11 is 3.49. The molecule has 0 radical (unpaired) electrons. The van der Waals surface area contributed by atoms with Gasteiger partial charge in [-0.1, -0.05) is 77.5 Å². The molecule has 0 aromatic heterocycles. The van der Waals surface area contributed by atoms with Crippen LogP contribution in [0.3, 0.4) is 0 Å². The molecule has 0 saturated heterocycles. The summed E-state index contributed by atoms with van der Waals surface area (Å²) in [7, 11) is 0. The van der Waals surface area contributed by atoms with E-state index in [4.69, 9.17) is 0 Å². The van der Waals surface area contributed by atoms with Crippen molar-refractivity contribution in [3.8, 4) is 0 Å². The van der Waals surface area contributed by atoms with Crippen LogP contribution in [0.15, 0.2) is 71.2 Å². The molecule has 0 aliphatic carbocycles. The summed E-state index contributed by atoms with van der Waals surface area (Å²) in [5.41, 5.74) is 2.14. The maximum Gasteiger partial charge on any atom is 0.242 e. The van der Waals surface area contributed by atoms with Crippen molar-refractivity contribution in [1.82, 2.24) is 10.2 Å². The lowest BCUT2D eigenvalue weighted by Gasteiger charge is -2.29. The van der Waals surface area contributed by atoms with Crippen LogP contribution in [0.25, 0.3) is 10.8 Å². The average Bonchev–Trinajstić information content (AvgIpc) is 2.79. The van der Waals surface area contributed by atoms with Crippen molar-refractivity contribution in [1.29, 1.82) is 0 Å². The second kappa shape index (κ2) is 11.1. The van der Waals surface area contributed by atoms with E-state index in [-0.39, 0.29) is 11.8 Å². The monoisotopic (exact) mass is 480 g/mol. The molecule has 1 N–H and O–H groups in total. The highest BCUT2D eigenvalue weighted by atomic mass is 79.9. The molecule has 31 heavy (non-hydrogen) atoms. The van der Waals surface area contributed by atoms with Gasteiger partial charge in [-0.3, -0.25) is 9.59 Å². The van der Waals surface area contributed by atoms with Crippen molar-refractivity contribution in [2.24, 2.45) is 0 Å². The average molecular weight is 481 g/mol. The van der Waals surface area contributed by atoms with Crippen molar-refractivity contribution in [3.05, 3.63) is 82.3 Å². The van der Waals surface area contributed by atoms with Gasteiger partial charge < -0.3 is 10.2 Å². The Hall–Kier alpha value is -2.66. The normalized spacial score (nSPS) is 11.8. The lowest BCUT2D eigenvalue weighted by atomic mass is 10.0. The fraction of sp³-hybridized carbons (Fsp3) is 0.308. The van der Waals surface area contributed by atoms with Gasteiger partial charge in [0.2, 0.25) is 11.8 Å². The van der Waals surface area contributed by atoms with Gasteiger partial charge in [0.05, 0.1) is 0 Å². The van der Waals surface area contributed by atoms with Gasteiger partial charge >= 0.3 is 0 Å². The van der Waals surface area contributed by atoms with Crippen LogP contribution >= 0.6 is 15.9 Å². The summed E-state index contributed by atoms with van der Waals surface area (Å²) in [4.78, 5) is 27.6. The summed E-state index contributed by atoms with van der Waals surface area (Å²) in [5.74, 6) is -0.137. The standard InChI is InChI=1S/C26H29BrN2O2/c1-3-16-28-26(31)19(2)29(18-20-8-6-12-23(27)17-20)25(30)15-14-22-11-7-10-21-9-4-5-13-24(21)22/h4-13,17,19H,3,14-16,18H2,1-2H3,(H,28,31)/t19-/m1/s1. The molecular weight excluding hydrogens is 452 g/mol. The highest BCUT2D eigenvalue weighted by molar-refractivity contribution is 9.10. The molecule has 3 aromatic rings. The van der Waals surface area contributed by atoms with E-state index >= 15 is 0 Å². The predicted octanol–water partition coefficient (Wildman–Crippen LogP) is 5.48. The van der Waals surface area contributed by atoms with Gasteiger partial charge in [0.25, 0.3) is 0 Å². The summed E-state index contributed by atoms with van der Waals surface area (Å²) in [6.07, 6.45) is 1.85. The van der Waals surface area contributed by atoms with E-state index in [0.29, 0.717) is 25.9 Å². The van der Waals surface area contributed by atoms with Gasteiger partial charge in [-0.2, -0.15) is 0 Å². The van der Waals surface area contributed by atoms with Gasteiger partial charge in [-0.25, -0.2) is 0 Å². The van der Waals surface area contributed by atoms with Gasteiger partial charge in [-0.05, 0) is 53.8 Å². The lowest BCUT2D eigenvalue weighted by molar-refractivity contribution is -0.140. The molecule has 2 amide bonds. The molecule has 1 atom stereocenters. The summed E-state index contributed by atoms with van der Waals surface area (Å²) in [6.45, 7) is 4.82. The van der Waals surface area contributed by atoms with E-state index in [1.807, 2.05) is 49.4 Å². The number of rotatable bonds is 9. The molecule has 162 valence electrons. The molecule has 4 nitrogen and oxygen atoms in total. The zero-order valence-corrected chi connectivity index (χ0v) is 19.7. The highest BCUT2D eigenvalue weighted by Gasteiger charge is 2.25. The van der Waals surface area contributed by atoms with E-state index < -0.39 is 6.04 Å². The number of nitrogens with one attached hydrogen (secondary N) is 1. The Kier molecular flexibility index (Phi) is 8.24. The number of hydrogen-bond acceptors (Lipinski definition) is 2. The van der Waals surface area contributed by atoms with Crippen LogP contribution in [0.1, 0.15) is 37.8 Å². The van der Waals surface area contributed by atoms with E-state index in [1.54, 1.807) is 11.8 Å². The summed E-state index contributed by atoms with van der Waals surface area (Å²) in [6, 6.07) is 21.7. The summed E-state index contributed by atoms with van der Waals surface area (Å²) < 4.78 is 0.955. The Morgan fingerprint density at radius 2 is 1.77 bits per heavy atom. The van der Waals surface area contributed by atoms with Crippen LogP contribution in [0.4, 0.5) is 0 Å². The number of aryl methyl sites for hydroxylation is 1. The van der Waals surface area contributed by atoms with E-state index in [2.05, 4.69) is 45.5 Å². The van der Waals surface area contributed by atoms with Crippen LogP contribution in [-0.4, -0.2) is 29.3 Å². The molecule has 0 aliphatic rings. The lowest BCUT2D eigenvalue weighted by Crippen LogP contribution is -2.47. The molecule has 5 heteroatoms. The zero-order chi connectivity index (χ0) is 22.2. The number of carbonyl (C=O) groups is 2. The molecule has 3 rings (SSSR count). The van der Waals surface area contributed by atoms with Crippen molar-refractivity contribution >= 4 is 38.5 Å². The van der Waals surface area contributed by atoms with Crippen molar-refractivity contribution in [3.63, 3.8) is 0 Å². The van der Waals surface area contributed by atoms with E-state index in [1.165, 1.54) is 10.8 Å². The van der Waals surface area contributed by atoms with Crippen molar-refractivity contribution in [2.75, 3.05) is 6.54 Å². The minimum atomic E-state index is -0.537. The minimum Gasteiger partial charge on any atom is -0.354 e. The smallest absolute Gasteiger partial charge is 0.242 e.